The lowest BCUT2D eigenvalue weighted by Gasteiger charge is -2.38. The number of carbonyl (C=O) groups excluding carboxylic acids is 1. The average Bonchev–Trinajstić information content (AvgIpc) is 2.77. The molecule has 2 aromatic carbocycles. The number of benzene rings is 2. The maximum atomic E-state index is 14.0. The summed E-state index contributed by atoms with van der Waals surface area (Å²) in [5.74, 6) is -0.398. The van der Waals surface area contributed by atoms with Gasteiger partial charge in [0, 0.05) is 12.0 Å². The zero-order chi connectivity index (χ0) is 20.2. The van der Waals surface area contributed by atoms with E-state index in [1.54, 1.807) is 26.0 Å². The van der Waals surface area contributed by atoms with E-state index in [0.717, 1.165) is 21.3 Å². The largest absolute Gasteiger partial charge is 0.409 e. The van der Waals surface area contributed by atoms with Gasteiger partial charge in [0.05, 0.1) is 0 Å². The van der Waals surface area contributed by atoms with Crippen LogP contribution in [0.25, 0.3) is 10.8 Å². The number of halogens is 3. The standard InChI is InChI=1S/C21H25F3N2O/c1-19(2,3)16-9-8-13-10-15(7-6-14(13)11-16)18(21(22,23)24)26-20(4,5)12-17(27)25-26/h6-11,18H,12H2,1-5H3,(H,25,27). The fourth-order valence-corrected chi connectivity index (χ4v) is 3.60. The number of rotatable bonds is 2. The van der Waals surface area contributed by atoms with Gasteiger partial charge in [-0.3, -0.25) is 10.2 Å². The van der Waals surface area contributed by atoms with E-state index >= 15 is 0 Å². The van der Waals surface area contributed by atoms with E-state index in [0.29, 0.717) is 0 Å². The number of nitrogens with one attached hydrogen (secondary N) is 1. The normalized spacial score (nSPS) is 19.3. The van der Waals surface area contributed by atoms with Gasteiger partial charge in [0.25, 0.3) is 0 Å². The Balaban J connectivity index is 2.08. The number of nitrogens with zero attached hydrogens (tertiary/aromatic N) is 1. The van der Waals surface area contributed by atoms with Crippen LogP contribution in [0, 0.1) is 0 Å². The number of hydrogen-bond donors (Lipinski definition) is 1. The van der Waals surface area contributed by atoms with Gasteiger partial charge < -0.3 is 0 Å². The molecule has 1 heterocycles. The SMILES string of the molecule is CC(C)(C)c1ccc2cc(C(N3NC(=O)CC3(C)C)C(F)(F)F)ccc2c1. The first-order chi connectivity index (χ1) is 12.3. The van der Waals surface area contributed by atoms with Gasteiger partial charge in [-0.15, -0.1) is 0 Å². The molecule has 1 N–H and O–H groups in total. The van der Waals surface area contributed by atoms with Crippen molar-refractivity contribution in [2.75, 3.05) is 0 Å². The van der Waals surface area contributed by atoms with E-state index in [1.165, 1.54) is 6.07 Å². The topological polar surface area (TPSA) is 32.3 Å². The summed E-state index contributed by atoms with van der Waals surface area (Å²) in [6, 6.07) is 8.74. The van der Waals surface area contributed by atoms with Gasteiger partial charge in [0.15, 0.2) is 6.04 Å². The first kappa shape index (κ1) is 19.7. The van der Waals surface area contributed by atoms with Crippen LogP contribution in [0.1, 0.15) is 58.2 Å². The Kier molecular flexibility index (Phi) is 4.54. The number of hydrogen-bond acceptors (Lipinski definition) is 2. The van der Waals surface area contributed by atoms with Crippen LogP contribution in [0.5, 0.6) is 0 Å². The number of fused-ring (bicyclic) bond motifs is 1. The van der Waals surface area contributed by atoms with E-state index in [2.05, 4.69) is 26.2 Å². The second kappa shape index (κ2) is 6.23. The molecule has 0 radical (unpaired) electrons. The molecule has 1 atom stereocenters. The van der Waals surface area contributed by atoms with Crippen molar-refractivity contribution < 1.29 is 18.0 Å². The molecular weight excluding hydrogens is 353 g/mol. The maximum Gasteiger partial charge on any atom is 0.409 e. The van der Waals surface area contributed by atoms with E-state index in [4.69, 9.17) is 0 Å². The molecular formula is C21H25F3N2O. The van der Waals surface area contributed by atoms with Crippen LogP contribution in [0.2, 0.25) is 0 Å². The summed E-state index contributed by atoms with van der Waals surface area (Å²) >= 11 is 0. The van der Waals surface area contributed by atoms with E-state index in [9.17, 15) is 18.0 Å². The highest BCUT2D eigenvalue weighted by Gasteiger charge is 2.52. The zero-order valence-corrected chi connectivity index (χ0v) is 16.2. The van der Waals surface area contributed by atoms with Crippen molar-refractivity contribution >= 4 is 16.7 Å². The van der Waals surface area contributed by atoms with Crippen LogP contribution in [0.15, 0.2) is 36.4 Å². The van der Waals surface area contributed by atoms with Crippen molar-refractivity contribution in [1.29, 1.82) is 0 Å². The monoisotopic (exact) mass is 378 g/mol. The molecule has 0 aliphatic carbocycles. The van der Waals surface area contributed by atoms with Crippen LogP contribution < -0.4 is 5.43 Å². The van der Waals surface area contributed by atoms with Gasteiger partial charge in [0.1, 0.15) is 0 Å². The predicted octanol–water partition coefficient (Wildman–Crippen LogP) is 5.26. The highest BCUT2D eigenvalue weighted by atomic mass is 19.4. The molecule has 3 nitrogen and oxygen atoms in total. The summed E-state index contributed by atoms with van der Waals surface area (Å²) < 4.78 is 41.9. The number of hydrazine groups is 1. The summed E-state index contributed by atoms with van der Waals surface area (Å²) in [5.41, 5.74) is 2.68. The van der Waals surface area contributed by atoms with Crippen LogP contribution in [0.4, 0.5) is 13.2 Å². The molecule has 3 rings (SSSR count). The number of carbonyl (C=O) groups is 1. The maximum absolute atomic E-state index is 14.0. The third-order valence-electron chi connectivity index (χ3n) is 5.10. The van der Waals surface area contributed by atoms with Crippen molar-refractivity contribution in [1.82, 2.24) is 10.4 Å². The molecule has 0 spiro atoms. The molecule has 27 heavy (non-hydrogen) atoms. The number of alkyl halides is 3. The van der Waals surface area contributed by atoms with Crippen molar-refractivity contribution in [3.63, 3.8) is 0 Å². The molecule has 6 heteroatoms. The molecule has 0 aromatic heterocycles. The predicted molar refractivity (Wildman–Crippen MR) is 100 cm³/mol. The Hall–Kier alpha value is -2.08. The summed E-state index contributed by atoms with van der Waals surface area (Å²) in [6.07, 6.45) is -4.49. The van der Waals surface area contributed by atoms with Crippen LogP contribution in [-0.2, 0) is 10.2 Å². The minimum atomic E-state index is -4.52. The van der Waals surface area contributed by atoms with Gasteiger partial charge in [-0.1, -0.05) is 51.1 Å². The van der Waals surface area contributed by atoms with Crippen molar-refractivity contribution in [2.24, 2.45) is 0 Å². The number of amides is 1. The molecule has 1 unspecified atom stereocenters. The van der Waals surface area contributed by atoms with Gasteiger partial charge in [0.2, 0.25) is 5.91 Å². The zero-order valence-electron chi connectivity index (χ0n) is 16.2. The summed E-state index contributed by atoms with van der Waals surface area (Å²) in [5, 5.41) is 2.69. The first-order valence-corrected chi connectivity index (χ1v) is 8.99. The molecule has 0 saturated carbocycles. The Labute approximate surface area is 157 Å². The summed E-state index contributed by atoms with van der Waals surface area (Å²) in [6.45, 7) is 9.57. The third kappa shape index (κ3) is 3.81. The Morgan fingerprint density at radius 1 is 1.04 bits per heavy atom. The van der Waals surface area contributed by atoms with E-state index in [-0.39, 0.29) is 17.4 Å². The highest BCUT2D eigenvalue weighted by Crippen LogP contribution is 2.43. The molecule has 0 bridgehead atoms. The Bertz CT molecular complexity index is 881. The van der Waals surface area contributed by atoms with E-state index < -0.39 is 23.7 Å². The van der Waals surface area contributed by atoms with Crippen LogP contribution in [-0.4, -0.2) is 22.6 Å². The second-order valence-electron chi connectivity index (χ2n) is 8.91. The minimum absolute atomic E-state index is 0.0299. The van der Waals surface area contributed by atoms with Gasteiger partial charge in [-0.05, 0) is 47.2 Å². The highest BCUT2D eigenvalue weighted by molar-refractivity contribution is 5.84. The average molecular weight is 378 g/mol. The third-order valence-corrected chi connectivity index (χ3v) is 5.10. The lowest BCUT2D eigenvalue weighted by atomic mass is 9.85. The van der Waals surface area contributed by atoms with E-state index in [1.807, 2.05) is 18.2 Å². The van der Waals surface area contributed by atoms with Crippen molar-refractivity contribution in [3.05, 3.63) is 47.5 Å². The molecule has 1 saturated heterocycles. The van der Waals surface area contributed by atoms with Crippen molar-refractivity contribution in [2.45, 2.75) is 64.2 Å². The van der Waals surface area contributed by atoms with Crippen molar-refractivity contribution in [3.8, 4) is 0 Å². The van der Waals surface area contributed by atoms with Crippen LogP contribution >= 0.6 is 0 Å². The molecule has 1 amide bonds. The molecule has 2 aromatic rings. The Morgan fingerprint density at radius 2 is 1.63 bits per heavy atom. The molecule has 146 valence electrons. The first-order valence-electron chi connectivity index (χ1n) is 8.99. The molecule has 1 aliphatic rings. The molecule has 1 aliphatic heterocycles. The van der Waals surface area contributed by atoms with Gasteiger partial charge in [-0.2, -0.15) is 18.2 Å². The smallest absolute Gasteiger partial charge is 0.287 e. The van der Waals surface area contributed by atoms with Gasteiger partial charge >= 0.3 is 6.18 Å². The fraction of sp³-hybridized carbons (Fsp3) is 0.476. The quantitative estimate of drug-likeness (QED) is 0.773. The minimum Gasteiger partial charge on any atom is -0.287 e. The Morgan fingerprint density at radius 3 is 2.15 bits per heavy atom. The fourth-order valence-electron chi connectivity index (χ4n) is 3.60. The lowest BCUT2D eigenvalue weighted by molar-refractivity contribution is -0.203. The summed E-state index contributed by atoms with van der Waals surface area (Å²) in [4.78, 5) is 11.8. The molecule has 1 fully saturated rings. The lowest BCUT2D eigenvalue weighted by Crippen LogP contribution is -2.51. The van der Waals surface area contributed by atoms with Crippen LogP contribution in [0.3, 0.4) is 0 Å². The summed E-state index contributed by atoms with van der Waals surface area (Å²) in [7, 11) is 0. The second-order valence-corrected chi connectivity index (χ2v) is 8.91. The van der Waals surface area contributed by atoms with Gasteiger partial charge in [-0.25, -0.2) is 0 Å².